The van der Waals surface area contributed by atoms with E-state index in [2.05, 4.69) is 10.2 Å². The number of nitrogens with zero attached hydrogens (tertiary/aromatic N) is 2. The van der Waals surface area contributed by atoms with Gasteiger partial charge in [-0.2, -0.15) is 0 Å². The number of nitrogens with one attached hydrogen (secondary N) is 1. The van der Waals surface area contributed by atoms with Gasteiger partial charge in [0, 0.05) is 25.7 Å². The Bertz CT molecular complexity index is 622. The van der Waals surface area contributed by atoms with Crippen molar-refractivity contribution in [3.05, 3.63) is 28.2 Å². The predicted molar refractivity (Wildman–Crippen MR) is 97.5 cm³/mol. The van der Waals surface area contributed by atoms with Crippen molar-refractivity contribution in [1.29, 1.82) is 0 Å². The number of benzene rings is 1. The molecule has 1 fully saturated rings. The third kappa shape index (κ3) is 4.62. The van der Waals surface area contributed by atoms with Gasteiger partial charge in [0.1, 0.15) is 0 Å². The quantitative estimate of drug-likeness (QED) is 0.884. The molecular weight excluding hydrogens is 349 g/mol. The minimum atomic E-state index is -0.338. The van der Waals surface area contributed by atoms with Gasteiger partial charge in [-0.25, -0.2) is 0 Å². The summed E-state index contributed by atoms with van der Waals surface area (Å²) in [5, 5.41) is 3.76. The summed E-state index contributed by atoms with van der Waals surface area (Å²) in [6, 6.07) is 4.62. The molecule has 1 saturated heterocycles. The molecule has 1 aromatic carbocycles. The standard InChI is InChI=1S/C17H23Cl2N3O2/c1-11(16(23)20-15-7-6-13(18)9-14(15)19)22-8-4-5-12(10-22)17(24)21(2)3/h6-7,9,11-12H,4-5,8,10H2,1-3H3,(H,20,23). The first kappa shape index (κ1) is 19.0. The van der Waals surface area contributed by atoms with Crippen LogP contribution < -0.4 is 5.32 Å². The molecule has 7 heteroatoms. The fourth-order valence-electron chi connectivity index (χ4n) is 2.92. The van der Waals surface area contributed by atoms with Crippen LogP contribution >= 0.6 is 23.2 Å². The topological polar surface area (TPSA) is 52.7 Å². The Morgan fingerprint density at radius 2 is 2.04 bits per heavy atom. The number of carbonyl (C=O) groups is 2. The number of hydrogen-bond acceptors (Lipinski definition) is 3. The van der Waals surface area contributed by atoms with Gasteiger partial charge in [-0.1, -0.05) is 23.2 Å². The van der Waals surface area contributed by atoms with Crippen molar-refractivity contribution < 1.29 is 9.59 Å². The van der Waals surface area contributed by atoms with E-state index in [1.54, 1.807) is 37.2 Å². The number of anilines is 1. The van der Waals surface area contributed by atoms with Crippen LogP contribution in [0.15, 0.2) is 18.2 Å². The number of hydrogen-bond donors (Lipinski definition) is 1. The van der Waals surface area contributed by atoms with Crippen LogP contribution in [-0.2, 0) is 9.59 Å². The summed E-state index contributed by atoms with van der Waals surface area (Å²) < 4.78 is 0. The molecule has 5 nitrogen and oxygen atoms in total. The first-order valence-electron chi connectivity index (χ1n) is 8.00. The molecule has 2 unspecified atom stereocenters. The van der Waals surface area contributed by atoms with E-state index in [-0.39, 0.29) is 23.8 Å². The number of piperidine rings is 1. The second-order valence-electron chi connectivity index (χ2n) is 6.36. The lowest BCUT2D eigenvalue weighted by atomic mass is 9.95. The first-order chi connectivity index (χ1) is 11.3. The molecule has 0 radical (unpaired) electrons. The zero-order valence-corrected chi connectivity index (χ0v) is 15.7. The van der Waals surface area contributed by atoms with Gasteiger partial charge in [0.2, 0.25) is 11.8 Å². The molecule has 24 heavy (non-hydrogen) atoms. The Morgan fingerprint density at radius 1 is 1.33 bits per heavy atom. The van der Waals surface area contributed by atoms with E-state index in [4.69, 9.17) is 23.2 Å². The highest BCUT2D eigenvalue weighted by molar-refractivity contribution is 6.36. The molecule has 1 N–H and O–H groups in total. The lowest BCUT2D eigenvalue weighted by Gasteiger charge is -2.36. The molecule has 0 saturated carbocycles. The van der Waals surface area contributed by atoms with E-state index in [0.717, 1.165) is 19.4 Å². The van der Waals surface area contributed by atoms with Gasteiger partial charge < -0.3 is 10.2 Å². The molecule has 2 rings (SSSR count). The van der Waals surface area contributed by atoms with E-state index in [0.29, 0.717) is 22.3 Å². The molecular formula is C17H23Cl2N3O2. The third-order valence-corrected chi connectivity index (χ3v) is 4.91. The van der Waals surface area contributed by atoms with E-state index >= 15 is 0 Å². The van der Waals surface area contributed by atoms with Crippen molar-refractivity contribution in [1.82, 2.24) is 9.80 Å². The van der Waals surface area contributed by atoms with Gasteiger partial charge >= 0.3 is 0 Å². The van der Waals surface area contributed by atoms with Crippen LogP contribution in [0.4, 0.5) is 5.69 Å². The average Bonchev–Trinajstić information content (AvgIpc) is 2.55. The summed E-state index contributed by atoms with van der Waals surface area (Å²) in [4.78, 5) is 28.4. The van der Waals surface area contributed by atoms with Crippen molar-refractivity contribution >= 4 is 40.7 Å². The van der Waals surface area contributed by atoms with Crippen molar-refractivity contribution in [2.24, 2.45) is 5.92 Å². The summed E-state index contributed by atoms with van der Waals surface area (Å²) >= 11 is 12.0. The van der Waals surface area contributed by atoms with Crippen LogP contribution in [0.3, 0.4) is 0 Å². The molecule has 0 aromatic heterocycles. The largest absolute Gasteiger partial charge is 0.349 e. The van der Waals surface area contributed by atoms with Gasteiger partial charge in [-0.15, -0.1) is 0 Å². The van der Waals surface area contributed by atoms with E-state index in [1.165, 1.54) is 0 Å². The highest BCUT2D eigenvalue weighted by Crippen LogP contribution is 2.26. The van der Waals surface area contributed by atoms with Gasteiger partial charge in [-0.05, 0) is 44.5 Å². The maximum atomic E-state index is 12.5. The number of carbonyl (C=O) groups excluding carboxylic acids is 2. The second kappa shape index (κ2) is 8.19. The number of rotatable bonds is 4. The van der Waals surface area contributed by atoms with Crippen LogP contribution in [0, 0.1) is 5.92 Å². The smallest absolute Gasteiger partial charge is 0.241 e. The fourth-order valence-corrected chi connectivity index (χ4v) is 3.37. The number of likely N-dealkylation sites (tertiary alicyclic amines) is 1. The Balaban J connectivity index is 2.00. The van der Waals surface area contributed by atoms with Gasteiger partial charge in [0.05, 0.1) is 22.7 Å². The zero-order chi connectivity index (χ0) is 17.9. The molecule has 1 aliphatic heterocycles. The maximum Gasteiger partial charge on any atom is 0.241 e. The maximum absolute atomic E-state index is 12.5. The Labute approximate surface area is 152 Å². The van der Waals surface area contributed by atoms with Crippen molar-refractivity contribution in [3.8, 4) is 0 Å². The summed E-state index contributed by atoms with van der Waals surface area (Å²) in [6.07, 6.45) is 1.77. The third-order valence-electron chi connectivity index (χ3n) is 4.36. The normalized spacial score (nSPS) is 19.6. The fraction of sp³-hybridized carbons (Fsp3) is 0.529. The van der Waals surface area contributed by atoms with E-state index in [9.17, 15) is 9.59 Å². The van der Waals surface area contributed by atoms with Crippen LogP contribution in [0.5, 0.6) is 0 Å². The number of halogens is 2. The van der Waals surface area contributed by atoms with Gasteiger partial charge in [-0.3, -0.25) is 14.5 Å². The average molecular weight is 372 g/mol. The monoisotopic (exact) mass is 371 g/mol. The molecule has 2 atom stereocenters. The summed E-state index contributed by atoms with van der Waals surface area (Å²) in [6.45, 7) is 3.25. The van der Waals surface area contributed by atoms with Crippen molar-refractivity contribution in [2.45, 2.75) is 25.8 Å². The number of amides is 2. The molecule has 132 valence electrons. The lowest BCUT2D eigenvalue weighted by molar-refractivity contribution is -0.136. The zero-order valence-electron chi connectivity index (χ0n) is 14.2. The molecule has 0 bridgehead atoms. The second-order valence-corrected chi connectivity index (χ2v) is 7.20. The minimum Gasteiger partial charge on any atom is -0.349 e. The molecule has 2 amide bonds. The lowest BCUT2D eigenvalue weighted by Crippen LogP contribution is -2.49. The van der Waals surface area contributed by atoms with Gasteiger partial charge in [0.15, 0.2) is 0 Å². The SMILES string of the molecule is CC(C(=O)Nc1ccc(Cl)cc1Cl)N1CCCC(C(=O)N(C)C)C1. The highest BCUT2D eigenvalue weighted by atomic mass is 35.5. The van der Waals surface area contributed by atoms with Crippen LogP contribution in [0.25, 0.3) is 0 Å². The Kier molecular flexibility index (Phi) is 6.49. The summed E-state index contributed by atoms with van der Waals surface area (Å²) in [5.41, 5.74) is 0.538. The summed E-state index contributed by atoms with van der Waals surface area (Å²) in [5.74, 6) is -0.0756. The highest BCUT2D eigenvalue weighted by Gasteiger charge is 2.31. The predicted octanol–water partition coefficient (Wildman–Crippen LogP) is 3.12. The molecule has 0 spiro atoms. The molecule has 1 aromatic rings. The van der Waals surface area contributed by atoms with Crippen LogP contribution in [0.2, 0.25) is 10.0 Å². The van der Waals surface area contributed by atoms with Crippen LogP contribution in [0.1, 0.15) is 19.8 Å². The summed E-state index contributed by atoms with van der Waals surface area (Å²) in [7, 11) is 3.53. The molecule has 1 heterocycles. The van der Waals surface area contributed by atoms with Crippen molar-refractivity contribution in [3.63, 3.8) is 0 Å². The van der Waals surface area contributed by atoms with Crippen molar-refractivity contribution in [2.75, 3.05) is 32.5 Å². The molecule has 1 aliphatic rings. The molecule has 0 aliphatic carbocycles. The Morgan fingerprint density at radius 3 is 2.67 bits per heavy atom. The van der Waals surface area contributed by atoms with E-state index < -0.39 is 0 Å². The van der Waals surface area contributed by atoms with Gasteiger partial charge in [0.25, 0.3) is 0 Å². The van der Waals surface area contributed by atoms with E-state index in [1.807, 2.05) is 6.92 Å². The minimum absolute atomic E-state index is 0.0527. The van der Waals surface area contributed by atoms with Crippen LogP contribution in [-0.4, -0.2) is 54.8 Å². The Hall–Kier alpha value is -1.30. The first-order valence-corrected chi connectivity index (χ1v) is 8.76.